The number of hydrogen-bond donors (Lipinski definition) is 0. The fraction of sp³-hybridized carbons (Fsp3) is 0.700. The van der Waals surface area contributed by atoms with Crippen molar-refractivity contribution in [2.24, 2.45) is 0 Å². The van der Waals surface area contributed by atoms with Crippen molar-refractivity contribution in [1.82, 2.24) is 14.5 Å². The van der Waals surface area contributed by atoms with Crippen molar-refractivity contribution in [3.05, 3.63) is 18.2 Å². The van der Waals surface area contributed by atoms with E-state index in [2.05, 4.69) is 14.5 Å². The molecule has 0 atom stereocenters. The second kappa shape index (κ2) is 4.74. The van der Waals surface area contributed by atoms with Gasteiger partial charge in [-0.3, -0.25) is 4.90 Å². The topological polar surface area (TPSA) is 39.5 Å². The molecule has 15 heavy (non-hydrogen) atoms. The molecule has 0 radical (unpaired) electrons. The minimum Gasteiger partial charge on any atom is -0.355 e. The lowest BCUT2D eigenvalue weighted by atomic mass is 10.3. The van der Waals surface area contributed by atoms with Gasteiger partial charge in [-0.05, 0) is 0 Å². The van der Waals surface area contributed by atoms with Crippen molar-refractivity contribution in [2.75, 3.05) is 27.3 Å². The van der Waals surface area contributed by atoms with Crippen LogP contribution in [0.5, 0.6) is 0 Å². The van der Waals surface area contributed by atoms with Crippen LogP contribution < -0.4 is 0 Å². The quantitative estimate of drug-likeness (QED) is 0.672. The van der Waals surface area contributed by atoms with E-state index in [9.17, 15) is 0 Å². The molecule has 0 amide bonds. The molecule has 1 aromatic rings. The molecule has 0 N–H and O–H groups in total. The second-order valence-electron chi connectivity index (χ2n) is 3.67. The van der Waals surface area contributed by atoms with Gasteiger partial charge in [-0.1, -0.05) is 0 Å². The minimum absolute atomic E-state index is 0.147. The number of ether oxygens (including phenoxy) is 2. The number of hydrogen-bond acceptors (Lipinski definition) is 4. The molecule has 5 nitrogen and oxygen atoms in total. The van der Waals surface area contributed by atoms with Crippen LogP contribution in [0.25, 0.3) is 0 Å². The molecule has 84 valence electrons. The van der Waals surface area contributed by atoms with Crippen LogP contribution >= 0.6 is 0 Å². The summed E-state index contributed by atoms with van der Waals surface area (Å²) in [4.78, 5) is 6.60. The van der Waals surface area contributed by atoms with Crippen LogP contribution in [0.15, 0.2) is 12.4 Å². The summed E-state index contributed by atoms with van der Waals surface area (Å²) in [6.45, 7) is 3.68. The summed E-state index contributed by atoms with van der Waals surface area (Å²) in [5, 5.41) is 0. The van der Waals surface area contributed by atoms with E-state index in [4.69, 9.17) is 9.47 Å². The zero-order valence-electron chi connectivity index (χ0n) is 9.22. The predicted molar refractivity (Wildman–Crippen MR) is 55.3 cm³/mol. The maximum Gasteiger partial charge on any atom is 0.169 e. The fourth-order valence-electron chi connectivity index (χ4n) is 1.84. The van der Waals surface area contributed by atoms with Crippen molar-refractivity contribution >= 4 is 0 Å². The van der Waals surface area contributed by atoms with Gasteiger partial charge in [0.25, 0.3) is 0 Å². The van der Waals surface area contributed by atoms with Crippen LogP contribution in [0.4, 0.5) is 0 Å². The Morgan fingerprint density at radius 1 is 1.40 bits per heavy atom. The van der Waals surface area contributed by atoms with Gasteiger partial charge < -0.3 is 14.0 Å². The number of imidazole rings is 1. The number of nitrogens with zero attached hydrogens (tertiary/aromatic N) is 3. The minimum atomic E-state index is -0.147. The van der Waals surface area contributed by atoms with E-state index in [1.54, 1.807) is 14.2 Å². The number of methoxy groups -OCH3 is 2. The Balaban J connectivity index is 1.92. The first-order chi connectivity index (χ1) is 7.33. The first-order valence-electron chi connectivity index (χ1n) is 5.11. The van der Waals surface area contributed by atoms with Crippen LogP contribution in [-0.4, -0.2) is 48.1 Å². The van der Waals surface area contributed by atoms with Crippen molar-refractivity contribution in [2.45, 2.75) is 19.4 Å². The summed E-state index contributed by atoms with van der Waals surface area (Å²) in [5.41, 5.74) is 0. The molecular formula is C10H17N3O2. The van der Waals surface area contributed by atoms with Gasteiger partial charge in [-0.15, -0.1) is 0 Å². The molecule has 1 aliphatic rings. The highest BCUT2D eigenvalue weighted by Gasteiger charge is 2.19. The van der Waals surface area contributed by atoms with E-state index in [-0.39, 0.29) is 6.29 Å². The molecule has 2 heterocycles. The first kappa shape index (κ1) is 10.6. The third-order valence-corrected chi connectivity index (χ3v) is 2.76. The van der Waals surface area contributed by atoms with Crippen LogP contribution in [0, 0.1) is 0 Å². The Hall–Kier alpha value is -0.910. The Morgan fingerprint density at radius 3 is 2.93 bits per heavy atom. The average Bonchev–Trinajstić information content (AvgIpc) is 2.73. The van der Waals surface area contributed by atoms with E-state index in [1.807, 2.05) is 12.4 Å². The molecule has 0 aliphatic carbocycles. The summed E-state index contributed by atoms with van der Waals surface area (Å²) in [6.07, 6.45) is 3.73. The van der Waals surface area contributed by atoms with E-state index < -0.39 is 0 Å². The van der Waals surface area contributed by atoms with Crippen LogP contribution in [0.3, 0.4) is 0 Å². The van der Waals surface area contributed by atoms with Crippen LogP contribution in [0.2, 0.25) is 0 Å². The summed E-state index contributed by atoms with van der Waals surface area (Å²) in [7, 11) is 3.33. The van der Waals surface area contributed by atoms with Crippen molar-refractivity contribution in [3.8, 4) is 0 Å². The highest BCUT2D eigenvalue weighted by Crippen LogP contribution is 2.11. The number of aromatic nitrogens is 2. The molecule has 0 saturated carbocycles. The molecule has 2 rings (SSSR count). The van der Waals surface area contributed by atoms with E-state index in [0.717, 1.165) is 32.0 Å². The predicted octanol–water partition coefficient (Wildman–Crippen LogP) is 0.318. The van der Waals surface area contributed by atoms with Gasteiger partial charge >= 0.3 is 0 Å². The van der Waals surface area contributed by atoms with E-state index >= 15 is 0 Å². The second-order valence-corrected chi connectivity index (χ2v) is 3.67. The number of rotatable bonds is 4. The third kappa shape index (κ3) is 2.37. The third-order valence-electron chi connectivity index (χ3n) is 2.76. The van der Waals surface area contributed by atoms with Crippen LogP contribution in [-0.2, 0) is 22.6 Å². The molecule has 0 fully saturated rings. The van der Waals surface area contributed by atoms with Gasteiger partial charge in [0.05, 0.1) is 13.1 Å². The fourth-order valence-corrected chi connectivity index (χ4v) is 1.84. The molecule has 0 saturated heterocycles. The standard InChI is InChI=1S/C10H17N3O2/c1-14-10(15-2)8-12-5-6-13-4-3-11-9(13)7-12/h3-4,10H,5-8H2,1-2H3. The van der Waals surface area contributed by atoms with Gasteiger partial charge in [-0.25, -0.2) is 4.98 Å². The van der Waals surface area contributed by atoms with E-state index in [1.165, 1.54) is 0 Å². The van der Waals surface area contributed by atoms with Gasteiger partial charge in [0.1, 0.15) is 5.82 Å². The van der Waals surface area contributed by atoms with Gasteiger partial charge in [0.2, 0.25) is 0 Å². The maximum absolute atomic E-state index is 5.18. The Bertz CT molecular complexity index is 309. The molecule has 0 unspecified atom stereocenters. The van der Waals surface area contributed by atoms with E-state index in [0.29, 0.717) is 0 Å². The Kier molecular flexibility index (Phi) is 3.35. The monoisotopic (exact) mass is 211 g/mol. The summed E-state index contributed by atoms with van der Waals surface area (Å²) in [6, 6.07) is 0. The highest BCUT2D eigenvalue weighted by molar-refractivity contribution is 4.95. The molecule has 1 aliphatic heterocycles. The lowest BCUT2D eigenvalue weighted by Crippen LogP contribution is -2.39. The Morgan fingerprint density at radius 2 is 2.20 bits per heavy atom. The maximum atomic E-state index is 5.18. The highest BCUT2D eigenvalue weighted by atomic mass is 16.7. The largest absolute Gasteiger partial charge is 0.355 e. The summed E-state index contributed by atoms with van der Waals surface area (Å²) in [5.74, 6) is 1.12. The number of fused-ring (bicyclic) bond motifs is 1. The zero-order chi connectivity index (χ0) is 10.7. The van der Waals surface area contributed by atoms with Crippen molar-refractivity contribution in [1.29, 1.82) is 0 Å². The zero-order valence-corrected chi connectivity index (χ0v) is 9.22. The lowest BCUT2D eigenvalue weighted by molar-refractivity contribution is -0.118. The SMILES string of the molecule is COC(CN1CCn2ccnc2C1)OC. The van der Waals surface area contributed by atoms with Crippen LogP contribution in [0.1, 0.15) is 5.82 Å². The first-order valence-corrected chi connectivity index (χ1v) is 5.11. The summed E-state index contributed by atoms with van der Waals surface area (Å²) >= 11 is 0. The summed E-state index contributed by atoms with van der Waals surface area (Å²) < 4.78 is 12.5. The molecule has 0 spiro atoms. The molecular weight excluding hydrogens is 194 g/mol. The smallest absolute Gasteiger partial charge is 0.169 e. The molecule has 1 aromatic heterocycles. The van der Waals surface area contributed by atoms with Crippen molar-refractivity contribution in [3.63, 3.8) is 0 Å². The van der Waals surface area contributed by atoms with Crippen molar-refractivity contribution < 1.29 is 9.47 Å². The molecule has 5 heteroatoms. The van der Waals surface area contributed by atoms with Gasteiger partial charge in [0.15, 0.2) is 6.29 Å². The average molecular weight is 211 g/mol. The molecule has 0 aromatic carbocycles. The Labute approximate surface area is 89.6 Å². The lowest BCUT2D eigenvalue weighted by Gasteiger charge is -2.29. The van der Waals surface area contributed by atoms with Gasteiger partial charge in [-0.2, -0.15) is 0 Å². The molecule has 0 bridgehead atoms. The van der Waals surface area contributed by atoms with Gasteiger partial charge in [0, 0.05) is 39.7 Å². The normalized spacial score (nSPS) is 17.0.